The van der Waals surface area contributed by atoms with E-state index < -0.39 is 0 Å². The lowest BCUT2D eigenvalue weighted by molar-refractivity contribution is -0.122. The highest BCUT2D eigenvalue weighted by atomic mass is 79.9. The lowest BCUT2D eigenvalue weighted by Crippen LogP contribution is -2.30. The lowest BCUT2D eigenvalue weighted by Gasteiger charge is -2.14. The predicted octanol–water partition coefficient (Wildman–Crippen LogP) is 3.12. The van der Waals surface area contributed by atoms with Crippen LogP contribution in [0.15, 0.2) is 53.0 Å². The number of nitrogens with zero attached hydrogens (tertiary/aromatic N) is 4. The minimum Gasteiger partial charge on any atom is -0.348 e. The van der Waals surface area contributed by atoms with Gasteiger partial charge in [0.15, 0.2) is 0 Å². The number of carbonyl (C=O) groups excluding carboxylic acids is 1. The zero-order chi connectivity index (χ0) is 17.8. The minimum atomic E-state index is -0.336. The summed E-state index contributed by atoms with van der Waals surface area (Å²) < 4.78 is 13.9. The summed E-state index contributed by atoms with van der Waals surface area (Å²) in [6.07, 6.45) is 0. The largest absolute Gasteiger partial charge is 0.348 e. The van der Waals surface area contributed by atoms with Crippen LogP contribution >= 0.6 is 15.9 Å². The third kappa shape index (κ3) is 4.48. The molecule has 0 aliphatic rings. The number of rotatable bonds is 5. The van der Waals surface area contributed by atoms with Crippen LogP contribution in [0, 0.1) is 5.82 Å². The highest BCUT2D eigenvalue weighted by Gasteiger charge is 2.12. The number of hydrogen-bond donors (Lipinski definition) is 1. The second-order valence-electron chi connectivity index (χ2n) is 5.49. The monoisotopic (exact) mass is 403 g/mol. The molecule has 0 fully saturated rings. The van der Waals surface area contributed by atoms with Gasteiger partial charge in [-0.25, -0.2) is 4.39 Å². The molecule has 2 aromatic carbocycles. The number of nitrogens with one attached hydrogen (secondary N) is 1. The van der Waals surface area contributed by atoms with Crippen LogP contribution in [0.2, 0.25) is 0 Å². The highest BCUT2D eigenvalue weighted by Crippen LogP contribution is 2.16. The van der Waals surface area contributed by atoms with Gasteiger partial charge in [0.2, 0.25) is 11.7 Å². The van der Waals surface area contributed by atoms with Gasteiger partial charge in [0.1, 0.15) is 12.4 Å². The van der Waals surface area contributed by atoms with Crippen molar-refractivity contribution in [3.63, 3.8) is 0 Å². The van der Waals surface area contributed by atoms with Gasteiger partial charge in [0.05, 0.1) is 6.04 Å². The van der Waals surface area contributed by atoms with Gasteiger partial charge in [-0.2, -0.15) is 4.80 Å². The summed E-state index contributed by atoms with van der Waals surface area (Å²) in [4.78, 5) is 13.4. The summed E-state index contributed by atoms with van der Waals surface area (Å²) in [5.74, 6) is -0.218. The second-order valence-corrected chi connectivity index (χ2v) is 6.41. The molecule has 1 aromatic heterocycles. The fraction of sp³-hybridized carbons (Fsp3) is 0.176. The Morgan fingerprint density at radius 1 is 1.20 bits per heavy atom. The molecule has 0 aliphatic carbocycles. The molecular formula is C17H15BrFN5O. The smallest absolute Gasteiger partial charge is 0.244 e. The average Bonchev–Trinajstić information content (AvgIpc) is 3.04. The van der Waals surface area contributed by atoms with Crippen LogP contribution in [-0.2, 0) is 11.3 Å². The summed E-state index contributed by atoms with van der Waals surface area (Å²) in [6, 6.07) is 13.4. The lowest BCUT2D eigenvalue weighted by atomic mass is 10.1. The van der Waals surface area contributed by atoms with Crippen LogP contribution in [0.5, 0.6) is 0 Å². The predicted molar refractivity (Wildman–Crippen MR) is 93.9 cm³/mol. The SMILES string of the molecule is C[C@H](NC(=O)Cn1nnc(-c2ccc(F)cc2)n1)c1ccc(Br)cc1. The number of aromatic nitrogens is 4. The maximum atomic E-state index is 12.9. The van der Waals surface area contributed by atoms with Crippen molar-refractivity contribution < 1.29 is 9.18 Å². The molecule has 1 heterocycles. The fourth-order valence-corrected chi connectivity index (χ4v) is 2.54. The average molecular weight is 404 g/mol. The van der Waals surface area contributed by atoms with E-state index in [4.69, 9.17) is 0 Å². The molecule has 25 heavy (non-hydrogen) atoms. The van der Waals surface area contributed by atoms with E-state index in [1.165, 1.54) is 16.9 Å². The first-order valence-electron chi connectivity index (χ1n) is 7.60. The molecule has 0 saturated heterocycles. The van der Waals surface area contributed by atoms with E-state index in [0.29, 0.717) is 11.4 Å². The molecule has 0 radical (unpaired) electrons. The molecule has 6 nitrogen and oxygen atoms in total. The molecule has 1 amide bonds. The molecule has 0 aliphatic heterocycles. The zero-order valence-electron chi connectivity index (χ0n) is 13.4. The third-order valence-electron chi connectivity index (χ3n) is 3.59. The molecule has 3 rings (SSSR count). The van der Waals surface area contributed by atoms with Crippen molar-refractivity contribution in [2.45, 2.75) is 19.5 Å². The molecule has 0 spiro atoms. The Morgan fingerprint density at radius 3 is 2.56 bits per heavy atom. The molecule has 3 aromatic rings. The van der Waals surface area contributed by atoms with Crippen LogP contribution in [0.1, 0.15) is 18.5 Å². The van der Waals surface area contributed by atoms with Crippen LogP contribution in [0.25, 0.3) is 11.4 Å². The van der Waals surface area contributed by atoms with E-state index in [2.05, 4.69) is 36.7 Å². The van der Waals surface area contributed by atoms with Gasteiger partial charge in [-0.3, -0.25) is 4.79 Å². The second kappa shape index (κ2) is 7.52. The van der Waals surface area contributed by atoms with E-state index in [9.17, 15) is 9.18 Å². The van der Waals surface area contributed by atoms with Gasteiger partial charge in [-0.05, 0) is 54.1 Å². The van der Waals surface area contributed by atoms with Gasteiger partial charge < -0.3 is 5.32 Å². The maximum absolute atomic E-state index is 12.9. The Morgan fingerprint density at radius 2 is 1.88 bits per heavy atom. The Hall–Kier alpha value is -2.61. The van der Waals surface area contributed by atoms with E-state index in [1.807, 2.05) is 31.2 Å². The van der Waals surface area contributed by atoms with Gasteiger partial charge in [0.25, 0.3) is 0 Å². The number of halogens is 2. The van der Waals surface area contributed by atoms with Gasteiger partial charge in [-0.1, -0.05) is 28.1 Å². The molecular weight excluding hydrogens is 389 g/mol. The Labute approximate surface area is 152 Å². The quantitative estimate of drug-likeness (QED) is 0.710. The number of amides is 1. The molecule has 0 unspecified atom stereocenters. The normalized spacial score (nSPS) is 12.0. The fourth-order valence-electron chi connectivity index (χ4n) is 2.28. The van der Waals surface area contributed by atoms with Crippen molar-refractivity contribution in [2.24, 2.45) is 0 Å². The van der Waals surface area contributed by atoms with Crippen molar-refractivity contribution in [1.29, 1.82) is 0 Å². The standard InChI is InChI=1S/C17H15BrFN5O/c1-11(12-2-6-14(18)7-3-12)20-16(25)10-24-22-17(21-23-24)13-4-8-15(19)9-5-13/h2-9,11H,10H2,1H3,(H,20,25)/t11-/m0/s1. The minimum absolute atomic E-state index is 0.0466. The van der Waals surface area contributed by atoms with Crippen LogP contribution in [-0.4, -0.2) is 26.1 Å². The third-order valence-corrected chi connectivity index (χ3v) is 4.12. The van der Waals surface area contributed by atoms with Crippen molar-refractivity contribution in [1.82, 2.24) is 25.5 Å². The summed E-state index contributed by atoms with van der Waals surface area (Å²) in [6.45, 7) is 1.86. The topological polar surface area (TPSA) is 72.7 Å². The molecule has 1 N–H and O–H groups in total. The van der Waals surface area contributed by atoms with Crippen molar-refractivity contribution >= 4 is 21.8 Å². The van der Waals surface area contributed by atoms with Crippen LogP contribution in [0.4, 0.5) is 4.39 Å². The van der Waals surface area contributed by atoms with Crippen LogP contribution in [0.3, 0.4) is 0 Å². The number of tetrazole rings is 1. The molecule has 128 valence electrons. The van der Waals surface area contributed by atoms with E-state index in [-0.39, 0.29) is 24.3 Å². The zero-order valence-corrected chi connectivity index (χ0v) is 14.9. The molecule has 1 atom stereocenters. The van der Waals surface area contributed by atoms with Crippen molar-refractivity contribution in [3.8, 4) is 11.4 Å². The molecule has 0 saturated carbocycles. The molecule has 0 bridgehead atoms. The Kier molecular flexibility index (Phi) is 5.18. The molecule has 8 heteroatoms. The van der Waals surface area contributed by atoms with Crippen molar-refractivity contribution in [3.05, 3.63) is 64.4 Å². The Bertz CT molecular complexity index is 864. The van der Waals surface area contributed by atoms with E-state index >= 15 is 0 Å². The van der Waals surface area contributed by atoms with Crippen molar-refractivity contribution in [2.75, 3.05) is 0 Å². The van der Waals surface area contributed by atoms with Gasteiger partial charge in [-0.15, -0.1) is 10.2 Å². The van der Waals surface area contributed by atoms with Gasteiger partial charge >= 0.3 is 0 Å². The summed E-state index contributed by atoms with van der Waals surface area (Å²) >= 11 is 3.38. The summed E-state index contributed by atoms with van der Waals surface area (Å²) in [5.41, 5.74) is 1.63. The first-order valence-corrected chi connectivity index (χ1v) is 8.39. The number of benzene rings is 2. The van der Waals surface area contributed by atoms with E-state index in [0.717, 1.165) is 10.0 Å². The summed E-state index contributed by atoms with van der Waals surface area (Å²) in [7, 11) is 0. The van der Waals surface area contributed by atoms with Gasteiger partial charge in [0, 0.05) is 10.0 Å². The Balaban J connectivity index is 1.61. The first kappa shape index (κ1) is 17.2. The highest BCUT2D eigenvalue weighted by molar-refractivity contribution is 9.10. The van der Waals surface area contributed by atoms with Crippen LogP contribution < -0.4 is 5.32 Å². The maximum Gasteiger partial charge on any atom is 0.244 e. The number of hydrogen-bond acceptors (Lipinski definition) is 4. The van der Waals surface area contributed by atoms with E-state index in [1.54, 1.807) is 12.1 Å². The first-order chi connectivity index (χ1) is 12.0. The number of carbonyl (C=O) groups is 1. The summed E-state index contributed by atoms with van der Waals surface area (Å²) in [5, 5.41) is 14.8.